The van der Waals surface area contributed by atoms with Crippen LogP contribution < -0.4 is 5.32 Å². The Morgan fingerprint density at radius 3 is 2.41 bits per heavy atom. The molecule has 0 aromatic heterocycles. The molecule has 0 aliphatic carbocycles. The summed E-state index contributed by atoms with van der Waals surface area (Å²) < 4.78 is 0. The van der Waals surface area contributed by atoms with Gasteiger partial charge in [0.25, 0.3) is 0 Å². The number of nitrogens with one attached hydrogen (secondary N) is 1. The Labute approximate surface area is 115 Å². The van der Waals surface area contributed by atoms with Crippen LogP contribution in [0.3, 0.4) is 0 Å². The van der Waals surface area contributed by atoms with Gasteiger partial charge in [0.05, 0.1) is 10.0 Å². The van der Waals surface area contributed by atoms with Crippen LogP contribution in [0, 0.1) is 5.92 Å². The van der Waals surface area contributed by atoms with Crippen molar-refractivity contribution in [2.24, 2.45) is 5.92 Å². The van der Waals surface area contributed by atoms with Gasteiger partial charge in [0, 0.05) is 6.04 Å². The second-order valence-corrected chi connectivity index (χ2v) is 5.32. The number of rotatable bonds is 6. The molecule has 1 N–H and O–H groups in total. The molecular weight excluding hydrogens is 253 g/mol. The summed E-state index contributed by atoms with van der Waals surface area (Å²) >= 11 is 12.0. The average molecular weight is 274 g/mol. The molecule has 1 rings (SSSR count). The molecule has 1 aromatic rings. The van der Waals surface area contributed by atoms with Crippen molar-refractivity contribution in [2.75, 3.05) is 6.54 Å². The van der Waals surface area contributed by atoms with E-state index in [0.717, 1.165) is 13.0 Å². The van der Waals surface area contributed by atoms with Crippen LogP contribution in [-0.2, 0) is 6.42 Å². The molecule has 0 amide bonds. The highest BCUT2D eigenvalue weighted by atomic mass is 35.5. The molecule has 1 aromatic carbocycles. The van der Waals surface area contributed by atoms with Gasteiger partial charge in [0.15, 0.2) is 0 Å². The predicted octanol–water partition coefficient (Wildman–Crippen LogP) is 4.56. The minimum atomic E-state index is 0.502. The smallest absolute Gasteiger partial charge is 0.0595 e. The monoisotopic (exact) mass is 273 g/mol. The molecule has 2 unspecified atom stereocenters. The van der Waals surface area contributed by atoms with E-state index in [9.17, 15) is 0 Å². The summed E-state index contributed by atoms with van der Waals surface area (Å²) in [6, 6.07) is 6.40. The van der Waals surface area contributed by atoms with Gasteiger partial charge in [-0.15, -0.1) is 0 Å². The van der Waals surface area contributed by atoms with Gasteiger partial charge in [-0.3, -0.25) is 0 Å². The van der Waals surface area contributed by atoms with Crippen molar-refractivity contribution < 1.29 is 0 Å². The summed E-state index contributed by atoms with van der Waals surface area (Å²) in [6.45, 7) is 7.65. The molecule has 96 valence electrons. The maximum absolute atomic E-state index is 6.04. The third-order valence-corrected chi connectivity index (χ3v) is 3.98. The Balaban J connectivity index is 2.74. The van der Waals surface area contributed by atoms with E-state index in [-0.39, 0.29) is 0 Å². The highest BCUT2D eigenvalue weighted by Crippen LogP contribution is 2.24. The van der Waals surface area contributed by atoms with Gasteiger partial charge in [0.2, 0.25) is 0 Å². The number of hydrogen-bond donors (Lipinski definition) is 1. The lowest BCUT2D eigenvalue weighted by molar-refractivity contribution is 0.371. The van der Waals surface area contributed by atoms with Gasteiger partial charge >= 0.3 is 0 Å². The Hall–Kier alpha value is -0.240. The lowest BCUT2D eigenvalue weighted by Crippen LogP contribution is -2.36. The summed E-state index contributed by atoms with van der Waals surface area (Å²) in [5.74, 6) is 0.657. The van der Waals surface area contributed by atoms with Crippen LogP contribution in [0.2, 0.25) is 10.0 Å². The molecule has 0 spiro atoms. The molecular formula is C14H21Cl2N. The maximum atomic E-state index is 6.04. The number of benzene rings is 1. The van der Waals surface area contributed by atoms with Crippen LogP contribution in [0.15, 0.2) is 18.2 Å². The van der Waals surface area contributed by atoms with E-state index in [2.05, 4.69) is 32.2 Å². The van der Waals surface area contributed by atoms with E-state index in [1.807, 2.05) is 12.1 Å². The Morgan fingerprint density at radius 2 is 1.88 bits per heavy atom. The number of hydrogen-bond acceptors (Lipinski definition) is 1. The van der Waals surface area contributed by atoms with Gasteiger partial charge in [0.1, 0.15) is 0 Å². The van der Waals surface area contributed by atoms with Crippen molar-refractivity contribution in [3.8, 4) is 0 Å². The zero-order chi connectivity index (χ0) is 12.8. The van der Waals surface area contributed by atoms with Crippen LogP contribution >= 0.6 is 23.2 Å². The highest BCUT2D eigenvalue weighted by Gasteiger charge is 2.15. The van der Waals surface area contributed by atoms with Crippen molar-refractivity contribution >= 4 is 23.2 Å². The zero-order valence-corrected chi connectivity index (χ0v) is 12.3. The molecule has 3 heteroatoms. The summed E-state index contributed by atoms with van der Waals surface area (Å²) in [4.78, 5) is 0. The van der Waals surface area contributed by atoms with E-state index in [4.69, 9.17) is 23.2 Å². The van der Waals surface area contributed by atoms with Gasteiger partial charge in [-0.05, 0) is 36.6 Å². The second kappa shape index (κ2) is 7.25. The fourth-order valence-corrected chi connectivity index (χ4v) is 2.26. The summed E-state index contributed by atoms with van der Waals surface area (Å²) in [5.41, 5.74) is 1.24. The highest BCUT2D eigenvalue weighted by molar-refractivity contribution is 6.42. The molecule has 17 heavy (non-hydrogen) atoms. The van der Waals surface area contributed by atoms with Crippen LogP contribution in [0.25, 0.3) is 0 Å². The fraction of sp³-hybridized carbons (Fsp3) is 0.571. The van der Waals surface area contributed by atoms with Crippen LogP contribution in [0.4, 0.5) is 0 Å². The first kappa shape index (κ1) is 14.8. The molecule has 0 saturated carbocycles. The fourth-order valence-electron chi connectivity index (χ4n) is 1.94. The van der Waals surface area contributed by atoms with E-state index >= 15 is 0 Å². The average Bonchev–Trinajstić information content (AvgIpc) is 2.32. The van der Waals surface area contributed by atoms with Crippen LogP contribution in [0.5, 0.6) is 0 Å². The van der Waals surface area contributed by atoms with E-state index in [1.165, 1.54) is 12.0 Å². The summed E-state index contributed by atoms with van der Waals surface area (Å²) in [5, 5.41) is 4.81. The minimum absolute atomic E-state index is 0.502. The Morgan fingerprint density at radius 1 is 1.18 bits per heavy atom. The summed E-state index contributed by atoms with van der Waals surface area (Å²) in [7, 11) is 0. The molecule has 0 saturated heterocycles. The van der Waals surface area contributed by atoms with Crippen LogP contribution in [-0.4, -0.2) is 12.6 Å². The van der Waals surface area contributed by atoms with Crippen LogP contribution in [0.1, 0.15) is 32.8 Å². The quantitative estimate of drug-likeness (QED) is 0.801. The third kappa shape index (κ3) is 4.50. The molecule has 0 bridgehead atoms. The zero-order valence-electron chi connectivity index (χ0n) is 10.8. The van der Waals surface area contributed by atoms with Crippen molar-refractivity contribution in [3.63, 3.8) is 0 Å². The lowest BCUT2D eigenvalue weighted by Gasteiger charge is -2.24. The summed E-state index contributed by atoms with van der Waals surface area (Å²) in [6.07, 6.45) is 2.18. The van der Waals surface area contributed by atoms with Crippen molar-refractivity contribution in [3.05, 3.63) is 33.8 Å². The topological polar surface area (TPSA) is 12.0 Å². The standard InChI is InChI=1S/C14H21Cl2N/c1-4-10(3)14(17-5-2)9-11-6-7-12(15)13(16)8-11/h6-8,10,14,17H,4-5,9H2,1-3H3. The SMILES string of the molecule is CCNC(Cc1ccc(Cl)c(Cl)c1)C(C)CC. The van der Waals surface area contributed by atoms with Gasteiger partial charge in [-0.25, -0.2) is 0 Å². The van der Waals surface area contributed by atoms with E-state index in [0.29, 0.717) is 22.0 Å². The van der Waals surface area contributed by atoms with E-state index < -0.39 is 0 Å². The third-order valence-electron chi connectivity index (χ3n) is 3.24. The first-order chi connectivity index (χ1) is 8.08. The Kier molecular flexibility index (Phi) is 6.32. The predicted molar refractivity (Wildman–Crippen MR) is 77.1 cm³/mol. The second-order valence-electron chi connectivity index (χ2n) is 4.50. The normalized spacial score (nSPS) is 14.6. The Bertz CT molecular complexity index is 352. The first-order valence-corrected chi connectivity index (χ1v) is 7.01. The van der Waals surface area contributed by atoms with Crippen molar-refractivity contribution in [1.82, 2.24) is 5.32 Å². The number of halogens is 2. The largest absolute Gasteiger partial charge is 0.314 e. The van der Waals surface area contributed by atoms with Gasteiger partial charge in [-0.2, -0.15) is 0 Å². The molecule has 1 nitrogen and oxygen atoms in total. The molecule has 0 heterocycles. The number of likely N-dealkylation sites (N-methyl/N-ethyl adjacent to an activating group) is 1. The van der Waals surface area contributed by atoms with Crippen molar-refractivity contribution in [1.29, 1.82) is 0 Å². The molecule has 0 radical (unpaired) electrons. The van der Waals surface area contributed by atoms with Crippen molar-refractivity contribution in [2.45, 2.75) is 39.7 Å². The maximum Gasteiger partial charge on any atom is 0.0595 e. The minimum Gasteiger partial charge on any atom is -0.314 e. The first-order valence-electron chi connectivity index (χ1n) is 6.25. The molecule has 0 aliphatic rings. The van der Waals surface area contributed by atoms with E-state index in [1.54, 1.807) is 0 Å². The lowest BCUT2D eigenvalue weighted by atomic mass is 9.93. The molecule has 0 fully saturated rings. The molecule has 0 aliphatic heterocycles. The van der Waals surface area contributed by atoms with Gasteiger partial charge in [-0.1, -0.05) is 56.5 Å². The van der Waals surface area contributed by atoms with Gasteiger partial charge < -0.3 is 5.32 Å². The molecule has 2 atom stereocenters.